The standard InChI is InChI=1S/C23H18N4O5/c1-23(16-5-4-6-17(12-16)27(29)30)25-19-8-3-2-7-18(19)22(28)26(23)24-13-15-9-10-20-21(11-15)32-14-31-20/h2-13,25H,14H2,1H3/b24-13-/t23-/m0/s1. The summed E-state index contributed by atoms with van der Waals surface area (Å²) in [4.78, 5) is 24.3. The van der Waals surface area contributed by atoms with Crippen LogP contribution in [0.2, 0.25) is 0 Å². The summed E-state index contributed by atoms with van der Waals surface area (Å²) in [6.45, 7) is 1.92. The molecule has 0 aliphatic carbocycles. The Kier molecular flexibility index (Phi) is 4.51. The van der Waals surface area contributed by atoms with Gasteiger partial charge in [0.1, 0.15) is 0 Å². The lowest BCUT2D eigenvalue weighted by Crippen LogP contribution is -2.53. The largest absolute Gasteiger partial charge is 0.454 e. The van der Waals surface area contributed by atoms with Crippen molar-refractivity contribution in [2.24, 2.45) is 5.10 Å². The SMILES string of the molecule is C[C@]1(c2cccc([N+](=O)[O-])c2)Nc2ccccc2C(=O)N1/N=C\c1ccc2c(c1)OCO2. The summed E-state index contributed by atoms with van der Waals surface area (Å²) in [6.07, 6.45) is 1.55. The number of non-ortho nitro benzene ring substituents is 1. The third-order valence-electron chi connectivity index (χ3n) is 5.49. The molecule has 32 heavy (non-hydrogen) atoms. The van der Waals surface area contributed by atoms with E-state index in [0.29, 0.717) is 33.9 Å². The summed E-state index contributed by atoms with van der Waals surface area (Å²) in [5, 5.41) is 20.5. The molecule has 160 valence electrons. The number of para-hydroxylation sites is 1. The third-order valence-corrected chi connectivity index (χ3v) is 5.49. The maximum Gasteiger partial charge on any atom is 0.278 e. The van der Waals surface area contributed by atoms with Crippen LogP contribution in [0.15, 0.2) is 71.8 Å². The van der Waals surface area contributed by atoms with Crippen molar-refractivity contribution in [3.8, 4) is 11.5 Å². The summed E-state index contributed by atoms with van der Waals surface area (Å²) in [7, 11) is 0. The van der Waals surface area contributed by atoms with Gasteiger partial charge in [0.15, 0.2) is 17.2 Å². The third kappa shape index (κ3) is 3.20. The van der Waals surface area contributed by atoms with Crippen LogP contribution in [-0.2, 0) is 5.66 Å². The van der Waals surface area contributed by atoms with Gasteiger partial charge < -0.3 is 14.8 Å². The van der Waals surface area contributed by atoms with Gasteiger partial charge in [-0.15, -0.1) is 0 Å². The summed E-state index contributed by atoms with van der Waals surface area (Å²) in [5.74, 6) is 0.919. The first-order chi connectivity index (χ1) is 15.5. The Morgan fingerprint density at radius 1 is 1.09 bits per heavy atom. The highest BCUT2D eigenvalue weighted by molar-refractivity contribution is 6.02. The number of hydrogen-bond donors (Lipinski definition) is 1. The molecule has 2 heterocycles. The van der Waals surface area contributed by atoms with E-state index in [1.165, 1.54) is 17.1 Å². The zero-order chi connectivity index (χ0) is 22.3. The number of hydrazone groups is 1. The maximum atomic E-state index is 13.4. The topological polar surface area (TPSA) is 106 Å². The molecule has 3 aromatic carbocycles. The normalized spacial score (nSPS) is 19.0. The molecule has 0 radical (unpaired) electrons. The molecule has 9 heteroatoms. The van der Waals surface area contributed by atoms with E-state index in [1.807, 2.05) is 6.07 Å². The molecular weight excluding hydrogens is 412 g/mol. The van der Waals surface area contributed by atoms with Gasteiger partial charge in [-0.1, -0.05) is 24.3 Å². The molecule has 0 spiro atoms. The zero-order valence-electron chi connectivity index (χ0n) is 17.0. The predicted octanol–water partition coefficient (Wildman–Crippen LogP) is 4.10. The van der Waals surface area contributed by atoms with Crippen LogP contribution in [0.4, 0.5) is 11.4 Å². The number of fused-ring (bicyclic) bond motifs is 2. The molecule has 3 aromatic rings. The van der Waals surface area contributed by atoms with E-state index in [1.54, 1.807) is 61.7 Å². The van der Waals surface area contributed by atoms with E-state index in [4.69, 9.17) is 9.47 Å². The van der Waals surface area contributed by atoms with Gasteiger partial charge >= 0.3 is 0 Å². The average Bonchev–Trinajstić information content (AvgIpc) is 3.27. The van der Waals surface area contributed by atoms with Crippen LogP contribution < -0.4 is 14.8 Å². The second kappa shape index (κ2) is 7.38. The minimum Gasteiger partial charge on any atom is -0.454 e. The smallest absolute Gasteiger partial charge is 0.278 e. The number of benzene rings is 3. The average molecular weight is 430 g/mol. The van der Waals surface area contributed by atoms with Crippen LogP contribution in [0.3, 0.4) is 0 Å². The quantitative estimate of drug-likeness (QED) is 0.379. The number of nitro benzene ring substituents is 1. The van der Waals surface area contributed by atoms with E-state index in [0.717, 1.165) is 0 Å². The molecular formula is C23H18N4O5. The molecule has 0 fully saturated rings. The zero-order valence-corrected chi connectivity index (χ0v) is 17.0. The summed E-state index contributed by atoms with van der Waals surface area (Å²) < 4.78 is 10.7. The first-order valence-electron chi connectivity index (χ1n) is 9.86. The number of nitro groups is 1. The Labute approximate surface area is 183 Å². The lowest BCUT2D eigenvalue weighted by Gasteiger charge is -2.43. The van der Waals surface area contributed by atoms with Crippen molar-refractivity contribution in [2.45, 2.75) is 12.6 Å². The minimum absolute atomic E-state index is 0.0727. The Morgan fingerprint density at radius 3 is 2.75 bits per heavy atom. The minimum atomic E-state index is -1.16. The van der Waals surface area contributed by atoms with E-state index in [-0.39, 0.29) is 18.4 Å². The number of carbonyl (C=O) groups excluding carboxylic acids is 1. The lowest BCUT2D eigenvalue weighted by atomic mass is 9.95. The molecule has 1 amide bonds. The monoisotopic (exact) mass is 430 g/mol. The van der Waals surface area contributed by atoms with Crippen LogP contribution in [0.1, 0.15) is 28.4 Å². The fourth-order valence-corrected chi connectivity index (χ4v) is 3.81. The number of nitrogens with zero attached hydrogens (tertiary/aromatic N) is 3. The molecule has 2 aliphatic rings. The highest BCUT2D eigenvalue weighted by Gasteiger charge is 2.43. The van der Waals surface area contributed by atoms with Gasteiger partial charge in [-0.25, -0.2) is 0 Å². The Balaban J connectivity index is 1.59. The second-order valence-corrected chi connectivity index (χ2v) is 7.52. The molecule has 1 atom stereocenters. The fourth-order valence-electron chi connectivity index (χ4n) is 3.81. The van der Waals surface area contributed by atoms with Gasteiger partial charge in [0.2, 0.25) is 6.79 Å². The molecule has 9 nitrogen and oxygen atoms in total. The number of carbonyl (C=O) groups is 1. The van der Waals surface area contributed by atoms with Gasteiger partial charge in [-0.2, -0.15) is 10.1 Å². The van der Waals surface area contributed by atoms with Crippen LogP contribution in [-0.4, -0.2) is 28.8 Å². The predicted molar refractivity (Wildman–Crippen MR) is 117 cm³/mol. The van der Waals surface area contributed by atoms with Crippen molar-refractivity contribution in [2.75, 3.05) is 12.1 Å². The summed E-state index contributed by atoms with van der Waals surface area (Å²) in [5.41, 5.74) is 1.08. The van der Waals surface area contributed by atoms with E-state index >= 15 is 0 Å². The number of amides is 1. The lowest BCUT2D eigenvalue weighted by molar-refractivity contribution is -0.385. The Hall–Kier alpha value is -4.40. The molecule has 2 aliphatic heterocycles. The molecule has 0 unspecified atom stereocenters. The fraction of sp³-hybridized carbons (Fsp3) is 0.130. The summed E-state index contributed by atoms with van der Waals surface area (Å²) >= 11 is 0. The van der Waals surface area contributed by atoms with Crippen molar-refractivity contribution in [3.63, 3.8) is 0 Å². The van der Waals surface area contributed by atoms with Crippen molar-refractivity contribution < 1.29 is 19.2 Å². The van der Waals surface area contributed by atoms with Gasteiger partial charge in [0, 0.05) is 23.4 Å². The Morgan fingerprint density at radius 2 is 1.91 bits per heavy atom. The van der Waals surface area contributed by atoms with E-state index < -0.39 is 10.6 Å². The van der Waals surface area contributed by atoms with Gasteiger partial charge in [-0.3, -0.25) is 14.9 Å². The highest BCUT2D eigenvalue weighted by atomic mass is 16.7. The number of hydrogen-bond acceptors (Lipinski definition) is 7. The highest BCUT2D eigenvalue weighted by Crippen LogP contribution is 2.39. The van der Waals surface area contributed by atoms with Gasteiger partial charge in [-0.05, 0) is 42.8 Å². The van der Waals surface area contributed by atoms with E-state index in [9.17, 15) is 14.9 Å². The van der Waals surface area contributed by atoms with E-state index in [2.05, 4.69) is 10.4 Å². The number of nitrogens with one attached hydrogen (secondary N) is 1. The molecule has 0 saturated heterocycles. The first kappa shape index (κ1) is 19.6. The van der Waals surface area contributed by atoms with Crippen molar-refractivity contribution >= 4 is 23.5 Å². The van der Waals surface area contributed by atoms with Crippen molar-refractivity contribution in [3.05, 3.63) is 93.5 Å². The van der Waals surface area contributed by atoms with Crippen molar-refractivity contribution in [1.82, 2.24) is 5.01 Å². The molecule has 1 N–H and O–H groups in total. The number of rotatable bonds is 4. The Bertz CT molecular complexity index is 1270. The van der Waals surface area contributed by atoms with Crippen LogP contribution >= 0.6 is 0 Å². The summed E-state index contributed by atoms with van der Waals surface area (Å²) in [6, 6.07) is 18.6. The van der Waals surface area contributed by atoms with Crippen LogP contribution in [0.25, 0.3) is 0 Å². The van der Waals surface area contributed by atoms with Gasteiger partial charge in [0.25, 0.3) is 11.6 Å². The van der Waals surface area contributed by atoms with Gasteiger partial charge in [0.05, 0.1) is 16.7 Å². The van der Waals surface area contributed by atoms with Crippen LogP contribution in [0, 0.1) is 10.1 Å². The first-order valence-corrected chi connectivity index (χ1v) is 9.86. The molecule has 0 saturated carbocycles. The maximum absolute atomic E-state index is 13.4. The van der Waals surface area contributed by atoms with Crippen molar-refractivity contribution in [1.29, 1.82) is 0 Å². The molecule has 5 rings (SSSR count). The number of ether oxygens (including phenoxy) is 2. The van der Waals surface area contributed by atoms with Crippen LogP contribution in [0.5, 0.6) is 11.5 Å². The molecule has 0 aromatic heterocycles. The molecule has 0 bridgehead atoms. The number of anilines is 1. The second-order valence-electron chi connectivity index (χ2n) is 7.52.